The molecule has 3 heteroatoms. The predicted octanol–water partition coefficient (Wildman–Crippen LogP) is 2.41. The lowest BCUT2D eigenvalue weighted by Crippen LogP contribution is -2.45. The highest BCUT2D eigenvalue weighted by molar-refractivity contribution is 4.93. The quantitative estimate of drug-likeness (QED) is 0.888. The van der Waals surface area contributed by atoms with Gasteiger partial charge in [0.25, 0.3) is 5.56 Å². The summed E-state index contributed by atoms with van der Waals surface area (Å²) in [5, 5.41) is 3.63. The molecular formula is C15H24N2O. The normalized spacial score (nSPS) is 22.9. The molecule has 18 heavy (non-hydrogen) atoms. The van der Waals surface area contributed by atoms with Gasteiger partial charge in [-0.05, 0) is 24.3 Å². The van der Waals surface area contributed by atoms with Crippen LogP contribution in [0.2, 0.25) is 0 Å². The minimum absolute atomic E-state index is 0.0854. The van der Waals surface area contributed by atoms with E-state index in [0.717, 1.165) is 13.1 Å². The number of hydrogen-bond acceptors (Lipinski definition) is 2. The summed E-state index contributed by atoms with van der Waals surface area (Å²) >= 11 is 0. The largest absolute Gasteiger partial charge is 0.314 e. The Balaban J connectivity index is 1.85. The van der Waals surface area contributed by atoms with Gasteiger partial charge in [0.05, 0.1) is 0 Å². The van der Waals surface area contributed by atoms with E-state index >= 15 is 0 Å². The Morgan fingerprint density at radius 3 is 2.94 bits per heavy atom. The Morgan fingerprint density at radius 1 is 1.39 bits per heavy atom. The fraction of sp³-hybridized carbons (Fsp3) is 0.667. The summed E-state index contributed by atoms with van der Waals surface area (Å²) in [4.78, 5) is 11.6. The number of pyridine rings is 1. The highest BCUT2D eigenvalue weighted by Gasteiger charge is 2.31. The minimum atomic E-state index is 0.0854. The zero-order valence-corrected chi connectivity index (χ0v) is 11.5. The molecule has 0 amide bonds. The molecule has 1 unspecified atom stereocenters. The molecule has 1 saturated carbocycles. The van der Waals surface area contributed by atoms with Gasteiger partial charge in [0.15, 0.2) is 0 Å². The average molecular weight is 248 g/mol. The maximum absolute atomic E-state index is 11.6. The molecular weight excluding hydrogens is 224 g/mol. The lowest BCUT2D eigenvalue weighted by Gasteiger charge is -2.39. The molecule has 3 nitrogen and oxygen atoms in total. The topological polar surface area (TPSA) is 34.0 Å². The van der Waals surface area contributed by atoms with Crippen molar-refractivity contribution in [1.29, 1.82) is 0 Å². The van der Waals surface area contributed by atoms with E-state index in [0.29, 0.717) is 11.5 Å². The van der Waals surface area contributed by atoms with Crippen molar-refractivity contribution in [3.05, 3.63) is 34.7 Å². The van der Waals surface area contributed by atoms with Crippen LogP contribution in [0.15, 0.2) is 29.2 Å². The van der Waals surface area contributed by atoms with Crippen LogP contribution in [-0.4, -0.2) is 17.2 Å². The fourth-order valence-corrected chi connectivity index (χ4v) is 2.88. The zero-order chi connectivity index (χ0) is 13.0. The third kappa shape index (κ3) is 3.22. The van der Waals surface area contributed by atoms with Gasteiger partial charge in [0.2, 0.25) is 0 Å². The van der Waals surface area contributed by atoms with Crippen LogP contribution in [0, 0.1) is 5.41 Å². The molecule has 2 rings (SSSR count). The SMILES string of the molecule is CC1(C)CCCCC1NCCn1ccccc1=O. The lowest BCUT2D eigenvalue weighted by molar-refractivity contribution is 0.167. The summed E-state index contributed by atoms with van der Waals surface area (Å²) in [6, 6.07) is 5.90. The van der Waals surface area contributed by atoms with Crippen LogP contribution in [0.3, 0.4) is 0 Å². The number of hydrogen-bond donors (Lipinski definition) is 1. The van der Waals surface area contributed by atoms with Crippen molar-refractivity contribution in [1.82, 2.24) is 9.88 Å². The van der Waals surface area contributed by atoms with E-state index in [1.54, 1.807) is 16.7 Å². The molecule has 1 atom stereocenters. The lowest BCUT2D eigenvalue weighted by atomic mass is 9.73. The Labute approximate surface area is 109 Å². The van der Waals surface area contributed by atoms with Gasteiger partial charge in [-0.3, -0.25) is 4.79 Å². The average Bonchev–Trinajstić information content (AvgIpc) is 2.33. The predicted molar refractivity (Wildman–Crippen MR) is 74.7 cm³/mol. The highest BCUT2D eigenvalue weighted by Crippen LogP contribution is 2.35. The summed E-state index contributed by atoms with van der Waals surface area (Å²) < 4.78 is 1.77. The summed E-state index contributed by atoms with van der Waals surface area (Å²) in [6.07, 6.45) is 7.10. The van der Waals surface area contributed by atoms with Crippen LogP contribution in [0.1, 0.15) is 39.5 Å². The Morgan fingerprint density at radius 2 is 2.22 bits per heavy atom. The van der Waals surface area contributed by atoms with Gasteiger partial charge in [0.1, 0.15) is 0 Å². The smallest absolute Gasteiger partial charge is 0.250 e. The standard InChI is InChI=1S/C15H24N2O/c1-15(2)9-5-3-7-13(15)16-10-12-17-11-6-4-8-14(17)18/h4,6,8,11,13,16H,3,5,7,9-10,12H2,1-2H3. The first-order chi connectivity index (χ1) is 8.59. The third-order valence-electron chi connectivity index (χ3n) is 4.15. The van der Waals surface area contributed by atoms with E-state index in [4.69, 9.17) is 0 Å². The first kappa shape index (κ1) is 13.3. The molecule has 1 fully saturated rings. The molecule has 0 radical (unpaired) electrons. The molecule has 0 aliphatic heterocycles. The Hall–Kier alpha value is -1.09. The van der Waals surface area contributed by atoms with Gasteiger partial charge in [-0.1, -0.05) is 32.8 Å². The van der Waals surface area contributed by atoms with Crippen molar-refractivity contribution in [2.24, 2.45) is 5.41 Å². The molecule has 1 aliphatic carbocycles. The first-order valence-electron chi connectivity index (χ1n) is 6.98. The van der Waals surface area contributed by atoms with Crippen molar-refractivity contribution < 1.29 is 0 Å². The number of nitrogens with zero attached hydrogens (tertiary/aromatic N) is 1. The van der Waals surface area contributed by atoms with Gasteiger partial charge >= 0.3 is 0 Å². The van der Waals surface area contributed by atoms with E-state index < -0.39 is 0 Å². The van der Waals surface area contributed by atoms with E-state index in [9.17, 15) is 4.79 Å². The maximum Gasteiger partial charge on any atom is 0.250 e. The van der Waals surface area contributed by atoms with Crippen molar-refractivity contribution >= 4 is 0 Å². The van der Waals surface area contributed by atoms with Crippen LogP contribution in [-0.2, 0) is 6.54 Å². The Kier molecular flexibility index (Phi) is 4.23. The zero-order valence-electron chi connectivity index (χ0n) is 11.5. The maximum atomic E-state index is 11.6. The van der Waals surface area contributed by atoms with Crippen molar-refractivity contribution in [2.45, 2.75) is 52.1 Å². The number of nitrogens with one attached hydrogen (secondary N) is 1. The molecule has 1 heterocycles. The van der Waals surface area contributed by atoms with Crippen molar-refractivity contribution in [2.75, 3.05) is 6.54 Å². The second kappa shape index (κ2) is 5.70. The second-order valence-corrected chi connectivity index (χ2v) is 5.97. The van der Waals surface area contributed by atoms with Crippen LogP contribution in [0.4, 0.5) is 0 Å². The van der Waals surface area contributed by atoms with Crippen LogP contribution >= 0.6 is 0 Å². The second-order valence-electron chi connectivity index (χ2n) is 5.97. The van der Waals surface area contributed by atoms with Gasteiger partial charge in [-0.15, -0.1) is 0 Å². The summed E-state index contributed by atoms with van der Waals surface area (Å²) in [5.74, 6) is 0. The summed E-state index contributed by atoms with van der Waals surface area (Å²) in [7, 11) is 0. The molecule has 1 aromatic rings. The van der Waals surface area contributed by atoms with Gasteiger partial charge in [0, 0.05) is 31.4 Å². The molecule has 0 bridgehead atoms. The monoisotopic (exact) mass is 248 g/mol. The Bertz CT molecular complexity index is 436. The van der Waals surface area contributed by atoms with E-state index in [-0.39, 0.29) is 5.56 Å². The first-order valence-corrected chi connectivity index (χ1v) is 6.98. The summed E-state index contributed by atoms with van der Waals surface area (Å²) in [5.41, 5.74) is 0.474. The number of rotatable bonds is 4. The van der Waals surface area contributed by atoms with Crippen LogP contribution < -0.4 is 10.9 Å². The number of aromatic nitrogens is 1. The van der Waals surface area contributed by atoms with Crippen LogP contribution in [0.25, 0.3) is 0 Å². The van der Waals surface area contributed by atoms with Gasteiger partial charge in [-0.25, -0.2) is 0 Å². The van der Waals surface area contributed by atoms with E-state index in [1.807, 2.05) is 12.3 Å². The molecule has 100 valence electrons. The van der Waals surface area contributed by atoms with E-state index in [2.05, 4.69) is 19.2 Å². The third-order valence-corrected chi connectivity index (χ3v) is 4.15. The summed E-state index contributed by atoms with van der Waals surface area (Å²) in [6.45, 7) is 6.32. The van der Waals surface area contributed by atoms with E-state index in [1.165, 1.54) is 25.7 Å². The van der Waals surface area contributed by atoms with Crippen molar-refractivity contribution in [3.8, 4) is 0 Å². The highest BCUT2D eigenvalue weighted by atomic mass is 16.1. The van der Waals surface area contributed by atoms with Gasteiger partial charge < -0.3 is 9.88 Å². The van der Waals surface area contributed by atoms with Crippen LogP contribution in [0.5, 0.6) is 0 Å². The molecule has 0 saturated heterocycles. The molecule has 1 aromatic heterocycles. The van der Waals surface area contributed by atoms with Gasteiger partial charge in [-0.2, -0.15) is 0 Å². The molecule has 0 spiro atoms. The fourth-order valence-electron chi connectivity index (χ4n) is 2.88. The molecule has 1 aliphatic rings. The minimum Gasteiger partial charge on any atom is -0.314 e. The van der Waals surface area contributed by atoms with Crippen molar-refractivity contribution in [3.63, 3.8) is 0 Å². The molecule has 1 N–H and O–H groups in total. The molecule has 0 aromatic carbocycles.